The van der Waals surface area contributed by atoms with Gasteiger partial charge in [-0.1, -0.05) is 90.3 Å². The van der Waals surface area contributed by atoms with E-state index in [1.54, 1.807) is 17.7 Å². The Morgan fingerprint density at radius 2 is 1.61 bits per heavy atom. The molecule has 6 heteroatoms. The fourth-order valence-corrected chi connectivity index (χ4v) is 5.35. The number of methoxy groups -OCH3 is 1. The van der Waals surface area contributed by atoms with E-state index < -0.39 is 6.04 Å². The van der Waals surface area contributed by atoms with Crippen LogP contribution in [0.25, 0.3) is 16.6 Å². The molecule has 216 valence electrons. The molecule has 1 atom stereocenters. The number of benzene rings is 3. The maximum Gasteiger partial charge on any atom is 0.266 e. The lowest BCUT2D eigenvalue weighted by atomic mass is 9.86. The van der Waals surface area contributed by atoms with Crippen LogP contribution < -0.4 is 10.3 Å². The molecular formula is C35H43N3O3. The van der Waals surface area contributed by atoms with Crippen molar-refractivity contribution in [2.24, 2.45) is 0 Å². The van der Waals surface area contributed by atoms with Gasteiger partial charge < -0.3 is 9.64 Å². The second-order valence-electron chi connectivity index (χ2n) is 11.6. The zero-order valence-electron chi connectivity index (χ0n) is 25.3. The van der Waals surface area contributed by atoms with Gasteiger partial charge in [-0.15, -0.1) is 0 Å². The Morgan fingerprint density at radius 3 is 2.27 bits per heavy atom. The number of aromatic nitrogens is 2. The number of carbonyl (C=O) groups excluding carboxylic acids is 1. The van der Waals surface area contributed by atoms with Crippen LogP contribution in [0.15, 0.2) is 77.6 Å². The highest BCUT2D eigenvalue weighted by molar-refractivity contribution is 5.94. The van der Waals surface area contributed by atoms with Crippen LogP contribution >= 0.6 is 0 Å². The molecule has 0 radical (unpaired) electrons. The van der Waals surface area contributed by atoms with Gasteiger partial charge in [0, 0.05) is 12.1 Å². The van der Waals surface area contributed by atoms with Gasteiger partial charge in [0.1, 0.15) is 11.6 Å². The number of para-hydroxylation sites is 3. The van der Waals surface area contributed by atoms with E-state index in [1.807, 2.05) is 78.6 Å². The highest BCUT2D eigenvalue weighted by atomic mass is 16.5. The summed E-state index contributed by atoms with van der Waals surface area (Å²) >= 11 is 0. The summed E-state index contributed by atoms with van der Waals surface area (Å²) in [6, 6.07) is 22.4. The quantitative estimate of drug-likeness (QED) is 0.177. The van der Waals surface area contributed by atoms with Gasteiger partial charge in [-0.3, -0.25) is 14.2 Å². The lowest BCUT2D eigenvalue weighted by Crippen LogP contribution is -2.39. The first kappa shape index (κ1) is 30.0. The monoisotopic (exact) mass is 553 g/mol. The number of amides is 1. The molecule has 0 aliphatic rings. The lowest BCUT2D eigenvalue weighted by Gasteiger charge is -2.33. The van der Waals surface area contributed by atoms with Gasteiger partial charge in [0.2, 0.25) is 0 Å². The number of carbonyl (C=O) groups is 1. The van der Waals surface area contributed by atoms with E-state index in [4.69, 9.17) is 9.72 Å². The number of rotatable bonds is 11. The zero-order chi connectivity index (χ0) is 29.6. The maximum atomic E-state index is 14.2. The fourth-order valence-electron chi connectivity index (χ4n) is 5.35. The molecular weight excluding hydrogens is 510 g/mol. The number of nitrogens with zero attached hydrogens (tertiary/aromatic N) is 3. The number of hydrogen-bond acceptors (Lipinski definition) is 4. The number of ether oxygens (including phenoxy) is 1. The maximum absolute atomic E-state index is 14.2. The summed E-state index contributed by atoms with van der Waals surface area (Å²) in [5.74, 6) is 1.06. The topological polar surface area (TPSA) is 64.4 Å². The normalized spacial score (nSPS) is 12.3. The van der Waals surface area contributed by atoms with Crippen LogP contribution in [0, 0.1) is 0 Å². The molecule has 0 aliphatic carbocycles. The zero-order valence-corrected chi connectivity index (χ0v) is 25.3. The third kappa shape index (κ3) is 6.53. The minimum atomic E-state index is -0.423. The Bertz CT molecular complexity index is 1530. The smallest absolute Gasteiger partial charge is 0.266 e. The molecule has 0 N–H and O–H groups in total. The molecule has 1 heterocycles. The lowest BCUT2D eigenvalue weighted by molar-refractivity contribution is 0.0654. The first-order valence-electron chi connectivity index (χ1n) is 14.8. The minimum Gasteiger partial charge on any atom is -0.495 e. The Kier molecular flexibility index (Phi) is 9.64. The average molecular weight is 554 g/mol. The minimum absolute atomic E-state index is 0.00675. The van der Waals surface area contributed by atoms with Gasteiger partial charge in [0.05, 0.1) is 29.7 Å². The van der Waals surface area contributed by atoms with Gasteiger partial charge >= 0.3 is 0 Å². The van der Waals surface area contributed by atoms with E-state index in [-0.39, 0.29) is 16.9 Å². The molecule has 1 amide bonds. The molecule has 0 fully saturated rings. The first-order chi connectivity index (χ1) is 19.7. The molecule has 0 aliphatic heterocycles. The number of fused-ring (bicyclic) bond motifs is 1. The van der Waals surface area contributed by atoms with Crippen LogP contribution in [0.3, 0.4) is 0 Å². The van der Waals surface area contributed by atoms with Crippen molar-refractivity contribution >= 4 is 16.8 Å². The summed E-state index contributed by atoms with van der Waals surface area (Å²) in [6.45, 7) is 11.3. The molecule has 4 aromatic rings. The molecule has 0 saturated carbocycles. The SMILES string of the molecule is CCCCCCN(C(=O)c1ccc(C(C)(C)C)cc1)C(CC)c1nc2ccccc2c(=O)n1-c1ccccc1OC. The summed E-state index contributed by atoms with van der Waals surface area (Å²) < 4.78 is 7.32. The van der Waals surface area contributed by atoms with Crippen molar-refractivity contribution in [3.8, 4) is 11.4 Å². The van der Waals surface area contributed by atoms with Crippen molar-refractivity contribution in [1.29, 1.82) is 0 Å². The van der Waals surface area contributed by atoms with E-state index in [2.05, 4.69) is 27.7 Å². The van der Waals surface area contributed by atoms with Crippen molar-refractivity contribution in [3.63, 3.8) is 0 Å². The Balaban J connectivity index is 1.89. The fraction of sp³-hybridized carbons (Fsp3) is 0.400. The predicted molar refractivity (Wildman–Crippen MR) is 167 cm³/mol. The summed E-state index contributed by atoms with van der Waals surface area (Å²) in [7, 11) is 1.60. The van der Waals surface area contributed by atoms with E-state index >= 15 is 0 Å². The van der Waals surface area contributed by atoms with Gasteiger partial charge in [-0.2, -0.15) is 0 Å². The van der Waals surface area contributed by atoms with Crippen LogP contribution in [0.5, 0.6) is 5.75 Å². The summed E-state index contributed by atoms with van der Waals surface area (Å²) in [5, 5.41) is 0.524. The van der Waals surface area contributed by atoms with Gasteiger partial charge in [-0.05, 0) is 60.2 Å². The summed E-state index contributed by atoms with van der Waals surface area (Å²) in [4.78, 5) is 35.3. The molecule has 1 unspecified atom stereocenters. The van der Waals surface area contributed by atoms with Gasteiger partial charge in [-0.25, -0.2) is 4.98 Å². The Hall–Kier alpha value is -3.93. The van der Waals surface area contributed by atoms with Crippen molar-refractivity contribution in [3.05, 3.63) is 100 Å². The molecule has 0 saturated heterocycles. The second kappa shape index (κ2) is 13.2. The Labute approximate surface area is 244 Å². The highest BCUT2D eigenvalue weighted by Crippen LogP contribution is 2.31. The number of unbranched alkanes of at least 4 members (excludes halogenated alkanes) is 3. The highest BCUT2D eigenvalue weighted by Gasteiger charge is 2.30. The molecule has 6 nitrogen and oxygen atoms in total. The molecule has 0 spiro atoms. The van der Waals surface area contributed by atoms with Crippen molar-refractivity contribution in [1.82, 2.24) is 14.5 Å². The molecule has 0 bridgehead atoms. The molecule has 3 aromatic carbocycles. The van der Waals surface area contributed by atoms with Crippen LogP contribution in [-0.2, 0) is 5.41 Å². The van der Waals surface area contributed by atoms with Crippen LogP contribution in [0.4, 0.5) is 0 Å². The van der Waals surface area contributed by atoms with Crippen LogP contribution in [0.2, 0.25) is 0 Å². The summed E-state index contributed by atoms with van der Waals surface area (Å²) in [6.07, 6.45) is 4.73. The van der Waals surface area contributed by atoms with Crippen LogP contribution in [0.1, 0.15) is 94.5 Å². The van der Waals surface area contributed by atoms with E-state index in [9.17, 15) is 9.59 Å². The largest absolute Gasteiger partial charge is 0.495 e. The van der Waals surface area contributed by atoms with Gasteiger partial charge in [0.15, 0.2) is 0 Å². The number of hydrogen-bond donors (Lipinski definition) is 0. The molecule has 41 heavy (non-hydrogen) atoms. The third-order valence-corrected chi connectivity index (χ3v) is 7.70. The van der Waals surface area contributed by atoms with Crippen molar-refractivity contribution in [2.45, 2.75) is 78.2 Å². The van der Waals surface area contributed by atoms with Crippen molar-refractivity contribution in [2.75, 3.05) is 13.7 Å². The Morgan fingerprint density at radius 1 is 0.927 bits per heavy atom. The molecule has 1 aromatic heterocycles. The third-order valence-electron chi connectivity index (χ3n) is 7.70. The van der Waals surface area contributed by atoms with Gasteiger partial charge in [0.25, 0.3) is 11.5 Å². The van der Waals surface area contributed by atoms with E-state index in [0.717, 1.165) is 25.7 Å². The predicted octanol–water partition coefficient (Wildman–Crippen LogP) is 7.87. The van der Waals surface area contributed by atoms with E-state index in [0.29, 0.717) is 46.7 Å². The van der Waals surface area contributed by atoms with Crippen molar-refractivity contribution < 1.29 is 9.53 Å². The average Bonchev–Trinajstić information content (AvgIpc) is 2.98. The second-order valence-corrected chi connectivity index (χ2v) is 11.6. The summed E-state index contributed by atoms with van der Waals surface area (Å²) in [5.41, 5.74) is 2.86. The first-order valence-corrected chi connectivity index (χ1v) is 14.8. The van der Waals surface area contributed by atoms with Crippen LogP contribution in [-0.4, -0.2) is 34.0 Å². The standard InChI is InChI=1S/C35H43N3O3/c1-7-9-10-15-24-37(33(39)25-20-22-26(23-21-25)35(3,4)5)29(8-2)32-36-28-17-12-11-16-27(28)34(40)38(32)30-18-13-14-19-31(30)41-6/h11-14,16-23,29H,7-10,15,24H2,1-6H3. The van der Waals surface area contributed by atoms with E-state index in [1.165, 1.54) is 5.56 Å². The molecule has 4 rings (SSSR count).